The van der Waals surface area contributed by atoms with Crippen molar-refractivity contribution in [2.24, 2.45) is 7.05 Å². The molecule has 11 nitrogen and oxygen atoms in total. The number of piperazine rings is 1. The Hall–Kier alpha value is -3.26. The van der Waals surface area contributed by atoms with Crippen LogP contribution in [-0.2, 0) is 26.6 Å². The summed E-state index contributed by atoms with van der Waals surface area (Å²) in [7, 11) is -3.04. The van der Waals surface area contributed by atoms with Gasteiger partial charge in [0, 0.05) is 19.6 Å². The second-order valence-corrected chi connectivity index (χ2v) is 9.82. The fourth-order valence-corrected chi connectivity index (χ4v) is 6.12. The number of benzene rings is 1. The molecule has 0 saturated carbocycles. The highest BCUT2D eigenvalue weighted by Crippen LogP contribution is 2.39. The molecule has 184 valence electrons. The van der Waals surface area contributed by atoms with Gasteiger partial charge in [-0.25, -0.2) is 22.0 Å². The van der Waals surface area contributed by atoms with Crippen molar-refractivity contribution in [3.05, 3.63) is 36.2 Å². The Kier molecular flexibility index (Phi) is 6.20. The zero-order valence-corrected chi connectivity index (χ0v) is 19.0. The summed E-state index contributed by atoms with van der Waals surface area (Å²) in [5.41, 5.74) is 0. The van der Waals surface area contributed by atoms with Crippen molar-refractivity contribution in [1.29, 1.82) is 0 Å². The lowest BCUT2D eigenvalue weighted by Crippen LogP contribution is -2.64. The van der Waals surface area contributed by atoms with Crippen molar-refractivity contribution < 1.29 is 41.4 Å². The first-order valence-corrected chi connectivity index (χ1v) is 11.8. The van der Waals surface area contributed by atoms with Crippen molar-refractivity contribution in [2.75, 3.05) is 13.2 Å². The molecule has 4 rings (SSSR count). The Morgan fingerprint density at radius 3 is 2.47 bits per heavy atom. The molecule has 3 atom stereocenters. The van der Waals surface area contributed by atoms with Crippen LogP contribution < -0.4 is 4.74 Å². The molecule has 2 aliphatic rings. The molecular weight excluding hydrogens is 478 g/mol. The molecule has 0 radical (unpaired) electrons. The van der Waals surface area contributed by atoms with E-state index < -0.39 is 62.5 Å². The quantitative estimate of drug-likeness (QED) is 0.596. The molecule has 2 fully saturated rings. The van der Waals surface area contributed by atoms with Gasteiger partial charge >= 0.3 is 12.1 Å². The van der Waals surface area contributed by atoms with Gasteiger partial charge in [-0.15, -0.1) is 0 Å². The molecule has 1 amide bonds. The maximum absolute atomic E-state index is 14.8. The van der Waals surface area contributed by atoms with E-state index in [1.807, 2.05) is 0 Å². The summed E-state index contributed by atoms with van der Waals surface area (Å²) in [5, 5.41) is 13.4. The number of ether oxygens (including phenoxy) is 2. The van der Waals surface area contributed by atoms with E-state index in [0.29, 0.717) is 18.6 Å². The zero-order chi connectivity index (χ0) is 24.8. The monoisotopic (exact) mass is 500 g/mol. The molecule has 2 aliphatic heterocycles. The van der Waals surface area contributed by atoms with Crippen LogP contribution in [0.1, 0.15) is 19.8 Å². The number of nitrogens with zero attached hydrogens (tertiary/aromatic N) is 4. The molecule has 0 unspecified atom stereocenters. The summed E-state index contributed by atoms with van der Waals surface area (Å²) in [5.74, 6) is -4.26. The minimum absolute atomic E-state index is 0.0413. The van der Waals surface area contributed by atoms with Crippen LogP contribution in [0.4, 0.5) is 13.6 Å². The zero-order valence-electron chi connectivity index (χ0n) is 18.2. The molecule has 1 aromatic carbocycles. The fourth-order valence-electron chi connectivity index (χ4n) is 4.45. The first kappa shape index (κ1) is 23.9. The molecule has 1 N–H and O–H groups in total. The third kappa shape index (κ3) is 4.07. The van der Waals surface area contributed by atoms with Gasteiger partial charge in [-0.05, 0) is 31.9 Å². The Morgan fingerprint density at radius 2 is 1.91 bits per heavy atom. The number of hydrogen-bond donors (Lipinski definition) is 1. The molecule has 2 aromatic rings. The van der Waals surface area contributed by atoms with Crippen LogP contribution in [0.2, 0.25) is 0 Å². The normalized spacial score (nSPS) is 22.6. The van der Waals surface area contributed by atoms with Crippen LogP contribution in [-0.4, -0.2) is 75.8 Å². The molecular formula is C20H22F2N4O7S. The number of carbonyl (C=O) groups is 2. The number of aromatic nitrogens is 2. The van der Waals surface area contributed by atoms with Gasteiger partial charge < -0.3 is 14.6 Å². The van der Waals surface area contributed by atoms with Crippen LogP contribution in [0.5, 0.6) is 11.5 Å². The van der Waals surface area contributed by atoms with Gasteiger partial charge in [-0.3, -0.25) is 14.4 Å². The molecule has 1 aromatic heterocycles. The van der Waals surface area contributed by atoms with E-state index in [9.17, 15) is 31.9 Å². The summed E-state index contributed by atoms with van der Waals surface area (Å²) in [6.07, 6.45) is 1.89. The molecule has 2 saturated heterocycles. The van der Waals surface area contributed by atoms with Crippen molar-refractivity contribution in [3.63, 3.8) is 0 Å². The van der Waals surface area contributed by atoms with Crippen molar-refractivity contribution >= 4 is 22.1 Å². The molecule has 34 heavy (non-hydrogen) atoms. The lowest BCUT2D eigenvalue weighted by Gasteiger charge is -2.43. The average Bonchev–Trinajstić information content (AvgIpc) is 3.31. The van der Waals surface area contributed by atoms with Gasteiger partial charge in [0.2, 0.25) is 10.0 Å². The lowest BCUT2D eigenvalue weighted by molar-refractivity contribution is -0.151. The Morgan fingerprint density at radius 1 is 1.24 bits per heavy atom. The highest BCUT2D eigenvalue weighted by Gasteiger charge is 2.55. The van der Waals surface area contributed by atoms with E-state index in [4.69, 9.17) is 9.47 Å². The number of hydrogen-bond acceptors (Lipinski definition) is 7. The Balaban J connectivity index is 1.71. The standard InChI is InChI=1S/C20H22F2N4O7S/c1-3-32-19(27)17-16-5-4-11(26(16)20(28)29)9-25(17)34(30,31)13-6-14(21)18(15(22)7-13)33-12-8-23-24(2)10-12/h6-8,10-11,16-17H,3-5,9H2,1-2H3,(H,28,29)/t11-,16+,17+/m1/s1. The molecule has 0 spiro atoms. The second-order valence-electron chi connectivity index (χ2n) is 7.93. The third-order valence-corrected chi connectivity index (χ3v) is 7.67. The maximum atomic E-state index is 14.8. The largest absolute Gasteiger partial charge is 0.465 e. The van der Waals surface area contributed by atoms with Crippen LogP contribution in [0, 0.1) is 11.6 Å². The summed E-state index contributed by atoms with van der Waals surface area (Å²) in [6.45, 7) is 1.11. The SMILES string of the molecule is CCOC(=O)[C@@H]1[C@@H]2CC[C@H](CN1S(=O)(=O)c1cc(F)c(Oc3cnn(C)c3)c(F)c1)N2C(=O)O. The number of sulfonamides is 1. The van der Waals surface area contributed by atoms with Crippen LogP contribution in [0.3, 0.4) is 0 Å². The van der Waals surface area contributed by atoms with Crippen LogP contribution in [0.15, 0.2) is 29.4 Å². The highest BCUT2D eigenvalue weighted by molar-refractivity contribution is 7.89. The van der Waals surface area contributed by atoms with Gasteiger partial charge in [0.1, 0.15) is 6.04 Å². The summed E-state index contributed by atoms with van der Waals surface area (Å²) in [4.78, 5) is 24.8. The first-order valence-electron chi connectivity index (χ1n) is 10.4. The number of halogens is 2. The van der Waals surface area contributed by atoms with Gasteiger partial charge in [-0.1, -0.05) is 0 Å². The minimum Gasteiger partial charge on any atom is -0.465 e. The van der Waals surface area contributed by atoms with Crippen LogP contribution >= 0.6 is 0 Å². The van der Waals surface area contributed by atoms with E-state index in [1.54, 1.807) is 7.05 Å². The molecule has 2 bridgehead atoms. The number of carbonyl (C=O) groups excluding carboxylic acids is 1. The molecule has 3 heterocycles. The van der Waals surface area contributed by atoms with E-state index >= 15 is 0 Å². The van der Waals surface area contributed by atoms with E-state index in [-0.39, 0.29) is 25.3 Å². The summed E-state index contributed by atoms with van der Waals surface area (Å²) in [6, 6.07) is -1.98. The lowest BCUT2D eigenvalue weighted by atomic mass is 10.1. The number of amides is 1. The highest BCUT2D eigenvalue weighted by atomic mass is 32.2. The molecule has 14 heteroatoms. The van der Waals surface area contributed by atoms with E-state index in [0.717, 1.165) is 9.21 Å². The van der Waals surface area contributed by atoms with Crippen molar-refractivity contribution in [2.45, 2.75) is 42.8 Å². The van der Waals surface area contributed by atoms with Gasteiger partial charge in [0.25, 0.3) is 0 Å². The van der Waals surface area contributed by atoms with Gasteiger partial charge in [0.05, 0.1) is 29.9 Å². The number of carboxylic acid groups (broad SMARTS) is 1. The Bertz CT molecular complexity index is 1210. The number of fused-ring (bicyclic) bond motifs is 2. The minimum atomic E-state index is -4.62. The van der Waals surface area contributed by atoms with E-state index in [1.165, 1.54) is 24.0 Å². The topological polar surface area (TPSA) is 131 Å². The third-order valence-electron chi connectivity index (χ3n) is 5.84. The number of aryl methyl sites for hydroxylation is 1. The predicted molar refractivity (Wildman–Crippen MR) is 111 cm³/mol. The van der Waals surface area contributed by atoms with Gasteiger partial charge in [0.15, 0.2) is 23.1 Å². The van der Waals surface area contributed by atoms with Gasteiger partial charge in [-0.2, -0.15) is 9.40 Å². The van der Waals surface area contributed by atoms with E-state index in [2.05, 4.69) is 5.10 Å². The first-order chi connectivity index (χ1) is 16.0. The summed E-state index contributed by atoms with van der Waals surface area (Å²) < 4.78 is 68.7. The maximum Gasteiger partial charge on any atom is 0.407 e. The van der Waals surface area contributed by atoms with Crippen molar-refractivity contribution in [3.8, 4) is 11.5 Å². The fraction of sp³-hybridized carbons (Fsp3) is 0.450. The molecule has 0 aliphatic carbocycles. The second kappa shape index (κ2) is 8.83. The predicted octanol–water partition coefficient (Wildman–Crippen LogP) is 1.94. The Labute approximate surface area is 193 Å². The van der Waals surface area contributed by atoms with Crippen molar-refractivity contribution in [1.82, 2.24) is 19.0 Å². The number of esters is 1. The smallest absolute Gasteiger partial charge is 0.407 e. The number of rotatable bonds is 6. The average molecular weight is 500 g/mol. The summed E-state index contributed by atoms with van der Waals surface area (Å²) >= 11 is 0. The van der Waals surface area contributed by atoms with Crippen LogP contribution in [0.25, 0.3) is 0 Å².